The number of rotatable bonds is 4. The van der Waals surface area contributed by atoms with Gasteiger partial charge in [0.05, 0.1) is 12.2 Å². The smallest absolute Gasteiger partial charge is 0.365 e. The van der Waals surface area contributed by atoms with Crippen LogP contribution in [0.3, 0.4) is 0 Å². The Kier molecular flexibility index (Phi) is 5.57. The molecule has 5 rings (SSSR count). The number of aryl methyl sites for hydroxylation is 1. The molecule has 3 aromatic rings. The first-order valence-electron chi connectivity index (χ1n) is 11.6. The lowest BCUT2D eigenvalue weighted by Gasteiger charge is -2.44. The number of aliphatic carboxylic acids is 1. The number of carboxylic acids is 1. The highest BCUT2D eigenvalue weighted by Crippen LogP contribution is 2.42. The van der Waals surface area contributed by atoms with Crippen LogP contribution in [-0.2, 0) is 24.3 Å². The van der Waals surface area contributed by atoms with Gasteiger partial charge >= 0.3 is 5.97 Å². The third kappa shape index (κ3) is 3.49. The van der Waals surface area contributed by atoms with E-state index >= 15 is 0 Å². The average Bonchev–Trinajstić information content (AvgIpc) is 3.19. The minimum absolute atomic E-state index is 0.119. The lowest BCUT2D eigenvalue weighted by Crippen LogP contribution is -2.69. The summed E-state index contributed by atoms with van der Waals surface area (Å²) in [5.74, 6) is -1.17. The minimum Gasteiger partial charge on any atom is -0.498 e. The van der Waals surface area contributed by atoms with Crippen LogP contribution in [0.4, 0.5) is 4.79 Å². The third-order valence-electron chi connectivity index (χ3n) is 7.78. The Labute approximate surface area is 207 Å². The van der Waals surface area contributed by atoms with Crippen LogP contribution in [0, 0.1) is 0 Å². The molecule has 7 nitrogen and oxygen atoms in total. The van der Waals surface area contributed by atoms with Gasteiger partial charge in [-0.25, -0.2) is 4.79 Å². The van der Waals surface area contributed by atoms with Gasteiger partial charge in [-0.15, -0.1) is 0 Å². The Balaban J connectivity index is 1.81. The molecule has 8 heteroatoms. The van der Waals surface area contributed by atoms with E-state index in [2.05, 4.69) is 0 Å². The lowest BCUT2D eigenvalue weighted by molar-refractivity contribution is -0.914. The number of fused-ring (bicyclic) bond motifs is 3. The van der Waals surface area contributed by atoms with Crippen LogP contribution in [0.5, 0.6) is 0 Å². The zero-order valence-electron chi connectivity index (χ0n) is 19.3. The Hall–Kier alpha value is -3.42. The fourth-order valence-corrected chi connectivity index (χ4v) is 5.94. The number of benzene rings is 2. The third-order valence-corrected chi connectivity index (χ3v) is 8.02. The Bertz CT molecular complexity index is 1420. The summed E-state index contributed by atoms with van der Waals surface area (Å²) >= 11 is 6.32. The standard InChI is InChI=1S/C27H25ClN2O5/c1-27(25(32)33)11-5-13-30(27,26(34)35)16-19-14-22(17-6-3-2-4-7-17)24(31)29-12-10-18-8-9-20(28)15-21(18)23(19)29/h2-4,6-9,14-15H,5,10-13,16H2,1H3,(H-,32,33,34,35)/t27?,30-/m0/s1. The van der Waals surface area contributed by atoms with E-state index in [-0.39, 0.29) is 25.1 Å². The van der Waals surface area contributed by atoms with E-state index in [1.165, 1.54) is 6.92 Å². The van der Waals surface area contributed by atoms with E-state index in [0.717, 1.165) is 11.1 Å². The minimum atomic E-state index is -1.55. The summed E-state index contributed by atoms with van der Waals surface area (Å²) in [7, 11) is 0. The number of likely N-dealkylation sites (tertiary alicyclic amines) is 1. The van der Waals surface area contributed by atoms with Crippen molar-refractivity contribution in [2.75, 3.05) is 6.54 Å². The first kappa shape index (κ1) is 23.3. The van der Waals surface area contributed by atoms with Crippen molar-refractivity contribution < 1.29 is 24.3 Å². The molecule has 0 aliphatic carbocycles. The number of hydrogen-bond acceptors (Lipinski definition) is 4. The van der Waals surface area contributed by atoms with Gasteiger partial charge in [-0.1, -0.05) is 48.0 Å². The zero-order chi connectivity index (χ0) is 25.0. The van der Waals surface area contributed by atoms with Gasteiger partial charge in [-0.05, 0) is 35.7 Å². The number of carbonyl (C=O) groups excluding carboxylic acids is 1. The van der Waals surface area contributed by atoms with E-state index in [1.54, 1.807) is 22.8 Å². The lowest BCUT2D eigenvalue weighted by atomic mass is 9.90. The first-order chi connectivity index (χ1) is 16.7. The molecule has 1 N–H and O–H groups in total. The van der Waals surface area contributed by atoms with Crippen LogP contribution in [0.15, 0.2) is 59.4 Å². The molecule has 1 amide bonds. The number of quaternary nitrogens is 1. The number of halogens is 1. The van der Waals surface area contributed by atoms with Crippen LogP contribution in [-0.4, -0.2) is 38.3 Å². The maximum absolute atomic E-state index is 13.6. The van der Waals surface area contributed by atoms with Crippen molar-refractivity contribution in [1.82, 2.24) is 4.57 Å². The van der Waals surface area contributed by atoms with Crippen molar-refractivity contribution in [3.63, 3.8) is 0 Å². The molecule has 3 heterocycles. The normalized spacial score (nSPS) is 22.9. The highest BCUT2D eigenvalue weighted by atomic mass is 35.5. The van der Waals surface area contributed by atoms with E-state index in [9.17, 15) is 24.6 Å². The van der Waals surface area contributed by atoms with Crippen molar-refractivity contribution in [2.45, 2.75) is 44.8 Å². The summed E-state index contributed by atoms with van der Waals surface area (Å²) in [5, 5.41) is 23.2. The molecule has 0 radical (unpaired) electrons. The fraction of sp³-hybridized carbons (Fsp3) is 0.296. The quantitative estimate of drug-likeness (QED) is 0.560. The van der Waals surface area contributed by atoms with Crippen LogP contribution < -0.4 is 10.7 Å². The number of pyridine rings is 1. The second-order valence-corrected chi connectivity index (χ2v) is 10.0. The molecule has 1 unspecified atom stereocenters. The summed E-state index contributed by atoms with van der Waals surface area (Å²) in [6.45, 7) is 1.92. The highest BCUT2D eigenvalue weighted by molar-refractivity contribution is 6.30. The predicted octanol–water partition coefficient (Wildman–Crippen LogP) is 3.69. The number of nitrogens with zero attached hydrogens (tertiary/aromatic N) is 2. The molecular formula is C27H25ClN2O5. The van der Waals surface area contributed by atoms with Gasteiger partial charge in [0.25, 0.3) is 11.7 Å². The molecule has 2 aliphatic heterocycles. The molecule has 2 aliphatic rings. The highest BCUT2D eigenvalue weighted by Gasteiger charge is 2.59. The van der Waals surface area contributed by atoms with Gasteiger partial charge in [0.2, 0.25) is 5.54 Å². The second kappa shape index (κ2) is 8.36. The zero-order valence-corrected chi connectivity index (χ0v) is 20.0. The van der Waals surface area contributed by atoms with Crippen molar-refractivity contribution in [3.05, 3.63) is 81.1 Å². The van der Waals surface area contributed by atoms with Crippen molar-refractivity contribution in [3.8, 4) is 22.4 Å². The van der Waals surface area contributed by atoms with Gasteiger partial charge in [-0.2, -0.15) is 0 Å². The Morgan fingerprint density at radius 2 is 1.89 bits per heavy atom. The summed E-state index contributed by atoms with van der Waals surface area (Å²) in [5.41, 5.74) is 2.39. The Morgan fingerprint density at radius 1 is 1.14 bits per heavy atom. The molecule has 2 aromatic carbocycles. The van der Waals surface area contributed by atoms with Crippen LogP contribution >= 0.6 is 11.6 Å². The first-order valence-corrected chi connectivity index (χ1v) is 12.0. The van der Waals surface area contributed by atoms with E-state index in [0.29, 0.717) is 46.8 Å². The predicted molar refractivity (Wildman–Crippen MR) is 130 cm³/mol. The molecule has 2 atom stereocenters. The second-order valence-electron chi connectivity index (χ2n) is 9.60. The molecule has 180 valence electrons. The number of aromatic nitrogens is 1. The summed E-state index contributed by atoms with van der Waals surface area (Å²) in [6.07, 6.45) is -0.135. The van der Waals surface area contributed by atoms with Gasteiger partial charge in [0.15, 0.2) is 0 Å². The number of carbonyl (C=O) groups is 2. The largest absolute Gasteiger partial charge is 0.498 e. The maximum Gasteiger partial charge on any atom is 0.365 e. The van der Waals surface area contributed by atoms with Gasteiger partial charge in [0, 0.05) is 48.0 Å². The summed E-state index contributed by atoms with van der Waals surface area (Å²) in [4.78, 5) is 38.6. The molecule has 35 heavy (non-hydrogen) atoms. The average molecular weight is 493 g/mol. The van der Waals surface area contributed by atoms with Crippen LogP contribution in [0.25, 0.3) is 22.4 Å². The number of carboxylic acid groups (broad SMARTS) is 2. The van der Waals surface area contributed by atoms with Gasteiger partial charge in [0.1, 0.15) is 6.54 Å². The summed E-state index contributed by atoms with van der Waals surface area (Å²) < 4.78 is 0.938. The molecular weight excluding hydrogens is 468 g/mol. The molecule has 0 bridgehead atoms. The molecule has 0 saturated carbocycles. The Morgan fingerprint density at radius 3 is 2.57 bits per heavy atom. The molecule has 0 spiro atoms. The van der Waals surface area contributed by atoms with Crippen molar-refractivity contribution >= 4 is 23.7 Å². The number of hydrogen-bond donors (Lipinski definition) is 1. The molecule has 1 aromatic heterocycles. The van der Waals surface area contributed by atoms with Crippen molar-refractivity contribution in [1.29, 1.82) is 0 Å². The SMILES string of the molecule is CC1(C(=O)O)CCC[N@+]1(Cc1cc(-c2ccccc2)c(=O)n2c1-c1cc(Cl)ccc1CC2)C(=O)[O-]. The van der Waals surface area contributed by atoms with E-state index in [4.69, 9.17) is 11.6 Å². The van der Waals surface area contributed by atoms with Gasteiger partial charge < -0.3 is 19.6 Å². The number of amides is 1. The topological polar surface area (TPSA) is 99.4 Å². The van der Waals surface area contributed by atoms with Crippen LogP contribution in [0.1, 0.15) is 30.9 Å². The molecule has 1 fully saturated rings. The summed E-state index contributed by atoms with van der Waals surface area (Å²) in [6, 6.07) is 16.4. The molecule has 1 saturated heterocycles. The maximum atomic E-state index is 13.6. The monoisotopic (exact) mass is 492 g/mol. The van der Waals surface area contributed by atoms with E-state index in [1.807, 2.05) is 36.4 Å². The van der Waals surface area contributed by atoms with Crippen LogP contribution in [0.2, 0.25) is 5.02 Å². The fourth-order valence-electron chi connectivity index (χ4n) is 5.77. The van der Waals surface area contributed by atoms with Gasteiger partial charge in [-0.3, -0.25) is 9.28 Å². The van der Waals surface area contributed by atoms with Crippen molar-refractivity contribution in [2.24, 2.45) is 0 Å². The van der Waals surface area contributed by atoms with E-state index < -0.39 is 22.1 Å².